The second-order valence-electron chi connectivity index (χ2n) is 3.40. The molecule has 1 aromatic carbocycles. The van der Waals surface area contributed by atoms with Crippen LogP contribution in [0.15, 0.2) is 24.4 Å². The molecule has 0 atom stereocenters. The topological polar surface area (TPSA) is 43.1 Å². The molecule has 0 aliphatic rings. The van der Waals surface area contributed by atoms with Crippen LogP contribution in [0.3, 0.4) is 0 Å². The molecule has 0 bridgehead atoms. The maximum Gasteiger partial charge on any atom is 0.180 e. The zero-order valence-electron chi connectivity index (χ0n) is 7.98. The number of hydrogen-bond acceptors (Lipinski definition) is 3. The van der Waals surface area contributed by atoms with E-state index in [1.807, 2.05) is 19.1 Å². The van der Waals surface area contributed by atoms with Gasteiger partial charge < -0.3 is 0 Å². The molecule has 5 heteroatoms. The minimum Gasteiger partial charge on any atom is -0.211 e. The van der Waals surface area contributed by atoms with Crippen molar-refractivity contribution in [3.63, 3.8) is 0 Å². The number of fused-ring (bicyclic) bond motifs is 3. The number of nitrogens with zero attached hydrogens (tertiary/aromatic N) is 4. The summed E-state index contributed by atoms with van der Waals surface area (Å²) in [5.41, 5.74) is 3.43. The van der Waals surface area contributed by atoms with E-state index >= 15 is 0 Å². The third-order valence-electron chi connectivity index (χ3n) is 2.34. The van der Waals surface area contributed by atoms with Crippen LogP contribution in [0.2, 0.25) is 5.02 Å². The highest BCUT2D eigenvalue weighted by Gasteiger charge is 2.06. The number of hydrogen-bond donors (Lipinski definition) is 0. The molecule has 0 unspecified atom stereocenters. The Balaban J connectivity index is 2.57. The smallest absolute Gasteiger partial charge is 0.180 e. The second kappa shape index (κ2) is 2.90. The average molecular weight is 219 g/mol. The van der Waals surface area contributed by atoms with Gasteiger partial charge in [0.25, 0.3) is 0 Å². The van der Waals surface area contributed by atoms with Gasteiger partial charge in [0.15, 0.2) is 5.65 Å². The highest BCUT2D eigenvalue weighted by atomic mass is 35.5. The monoisotopic (exact) mass is 218 g/mol. The number of benzene rings is 1. The third-order valence-corrected chi connectivity index (χ3v) is 2.57. The van der Waals surface area contributed by atoms with Crippen LogP contribution in [0, 0.1) is 6.92 Å². The van der Waals surface area contributed by atoms with E-state index in [9.17, 15) is 0 Å². The Kier molecular flexibility index (Phi) is 1.67. The summed E-state index contributed by atoms with van der Waals surface area (Å²) < 4.78 is 1.75. The summed E-state index contributed by atoms with van der Waals surface area (Å²) in [6, 6.07) is 5.47. The molecule has 0 aliphatic carbocycles. The molecule has 2 aromatic heterocycles. The van der Waals surface area contributed by atoms with Crippen LogP contribution in [-0.4, -0.2) is 19.8 Å². The minimum absolute atomic E-state index is 0.671. The van der Waals surface area contributed by atoms with Gasteiger partial charge in [0, 0.05) is 10.6 Å². The normalized spacial score (nSPS) is 11.3. The summed E-state index contributed by atoms with van der Waals surface area (Å²) in [7, 11) is 0. The molecule has 0 amide bonds. The van der Waals surface area contributed by atoms with E-state index in [4.69, 9.17) is 11.6 Å². The van der Waals surface area contributed by atoms with Crippen molar-refractivity contribution in [2.75, 3.05) is 0 Å². The van der Waals surface area contributed by atoms with E-state index in [1.165, 1.54) is 0 Å². The van der Waals surface area contributed by atoms with E-state index in [-0.39, 0.29) is 0 Å². The third kappa shape index (κ3) is 1.18. The van der Waals surface area contributed by atoms with Crippen molar-refractivity contribution in [3.05, 3.63) is 35.0 Å². The summed E-state index contributed by atoms with van der Waals surface area (Å²) in [5.74, 6) is 0. The van der Waals surface area contributed by atoms with Gasteiger partial charge in [-0.15, -0.1) is 10.2 Å². The molecule has 15 heavy (non-hydrogen) atoms. The van der Waals surface area contributed by atoms with Crippen molar-refractivity contribution in [2.45, 2.75) is 6.92 Å². The molecule has 3 aromatic rings. The SMILES string of the molecule is Cc1cnn2c1nnc1ccc(Cl)cc12. The second-order valence-corrected chi connectivity index (χ2v) is 3.83. The Morgan fingerprint density at radius 1 is 1.27 bits per heavy atom. The van der Waals surface area contributed by atoms with Gasteiger partial charge in [0.05, 0.1) is 11.7 Å². The van der Waals surface area contributed by atoms with Crippen LogP contribution in [-0.2, 0) is 0 Å². The van der Waals surface area contributed by atoms with Crippen molar-refractivity contribution in [3.8, 4) is 0 Å². The molecule has 0 spiro atoms. The molecule has 74 valence electrons. The zero-order valence-corrected chi connectivity index (χ0v) is 8.73. The number of halogens is 1. The van der Waals surface area contributed by atoms with Gasteiger partial charge in [-0.2, -0.15) is 5.10 Å². The van der Waals surface area contributed by atoms with Gasteiger partial charge in [-0.3, -0.25) is 0 Å². The lowest BCUT2D eigenvalue weighted by molar-refractivity contribution is 0.942. The highest BCUT2D eigenvalue weighted by Crippen LogP contribution is 2.18. The summed E-state index contributed by atoms with van der Waals surface area (Å²) in [5, 5.41) is 13.1. The van der Waals surface area contributed by atoms with Crippen LogP contribution in [0.5, 0.6) is 0 Å². The molecule has 0 N–H and O–H groups in total. The fourth-order valence-electron chi connectivity index (χ4n) is 1.57. The van der Waals surface area contributed by atoms with Gasteiger partial charge in [0.2, 0.25) is 0 Å². The van der Waals surface area contributed by atoms with E-state index in [1.54, 1.807) is 16.8 Å². The number of aryl methyl sites for hydroxylation is 1. The summed E-state index contributed by atoms with van der Waals surface area (Å²) in [6.45, 7) is 1.95. The van der Waals surface area contributed by atoms with Gasteiger partial charge in [-0.05, 0) is 25.1 Å². The minimum atomic E-state index is 0.671. The van der Waals surface area contributed by atoms with Crippen LogP contribution in [0.1, 0.15) is 5.56 Å². The van der Waals surface area contributed by atoms with Crippen molar-refractivity contribution in [1.29, 1.82) is 0 Å². The zero-order chi connectivity index (χ0) is 10.4. The predicted octanol–water partition coefficient (Wildman–Crippen LogP) is 2.24. The lowest BCUT2D eigenvalue weighted by Crippen LogP contribution is -1.96. The number of rotatable bonds is 0. The van der Waals surface area contributed by atoms with Gasteiger partial charge in [0.1, 0.15) is 5.52 Å². The maximum atomic E-state index is 5.94. The first-order valence-electron chi connectivity index (χ1n) is 4.52. The Morgan fingerprint density at radius 3 is 3.00 bits per heavy atom. The van der Waals surface area contributed by atoms with E-state index < -0.39 is 0 Å². The first-order valence-corrected chi connectivity index (χ1v) is 4.90. The van der Waals surface area contributed by atoms with Gasteiger partial charge in [-0.25, -0.2) is 4.52 Å². The lowest BCUT2D eigenvalue weighted by atomic mass is 10.3. The van der Waals surface area contributed by atoms with E-state index in [2.05, 4.69) is 15.3 Å². The van der Waals surface area contributed by atoms with Crippen molar-refractivity contribution < 1.29 is 0 Å². The van der Waals surface area contributed by atoms with Crippen LogP contribution in [0.25, 0.3) is 16.7 Å². The van der Waals surface area contributed by atoms with Crippen molar-refractivity contribution in [2.24, 2.45) is 0 Å². The molecule has 3 rings (SSSR count). The van der Waals surface area contributed by atoms with Gasteiger partial charge in [-0.1, -0.05) is 11.6 Å². The maximum absolute atomic E-state index is 5.94. The molecular weight excluding hydrogens is 212 g/mol. The van der Waals surface area contributed by atoms with Gasteiger partial charge >= 0.3 is 0 Å². The molecule has 0 saturated carbocycles. The van der Waals surface area contributed by atoms with E-state index in [0.717, 1.165) is 22.2 Å². The Labute approximate surface area is 90.5 Å². The quantitative estimate of drug-likeness (QED) is 0.581. The Morgan fingerprint density at radius 2 is 2.13 bits per heavy atom. The highest BCUT2D eigenvalue weighted by molar-refractivity contribution is 6.31. The summed E-state index contributed by atoms with van der Waals surface area (Å²) in [4.78, 5) is 0. The summed E-state index contributed by atoms with van der Waals surface area (Å²) in [6.07, 6.45) is 1.77. The van der Waals surface area contributed by atoms with Crippen LogP contribution in [0.4, 0.5) is 0 Å². The lowest BCUT2D eigenvalue weighted by Gasteiger charge is -1.99. The molecule has 0 aliphatic heterocycles. The van der Waals surface area contributed by atoms with Crippen molar-refractivity contribution in [1.82, 2.24) is 19.8 Å². The van der Waals surface area contributed by atoms with Crippen LogP contribution < -0.4 is 0 Å². The molecule has 0 saturated heterocycles. The Bertz CT molecular complexity index is 659. The fourth-order valence-corrected chi connectivity index (χ4v) is 1.74. The number of aromatic nitrogens is 4. The fraction of sp³-hybridized carbons (Fsp3) is 0.100. The standard InChI is InChI=1S/C10H7ClN4/c1-6-5-12-15-9-4-7(11)2-3-8(9)13-14-10(6)15/h2-5H,1H3. The molecular formula is C10H7ClN4. The molecule has 4 nitrogen and oxygen atoms in total. The first-order chi connectivity index (χ1) is 7.25. The first kappa shape index (κ1) is 8.61. The summed E-state index contributed by atoms with van der Waals surface area (Å²) >= 11 is 5.94. The molecule has 2 heterocycles. The van der Waals surface area contributed by atoms with Crippen LogP contribution >= 0.6 is 11.6 Å². The Hall–Kier alpha value is -1.68. The molecule has 0 radical (unpaired) electrons. The average Bonchev–Trinajstić information content (AvgIpc) is 2.61. The van der Waals surface area contributed by atoms with E-state index in [0.29, 0.717) is 5.02 Å². The molecule has 0 fully saturated rings. The largest absolute Gasteiger partial charge is 0.211 e. The predicted molar refractivity (Wildman–Crippen MR) is 58.0 cm³/mol. The van der Waals surface area contributed by atoms with Crippen molar-refractivity contribution >= 4 is 28.3 Å².